The van der Waals surface area contributed by atoms with Gasteiger partial charge < -0.3 is 14.4 Å². The van der Waals surface area contributed by atoms with Gasteiger partial charge in [-0.25, -0.2) is 0 Å². The number of ether oxygens (including phenoxy) is 1. The molecule has 1 aromatic rings. The number of esters is 1. The molecule has 4 heterocycles. The highest BCUT2D eigenvalue weighted by Crippen LogP contribution is 2.49. The van der Waals surface area contributed by atoms with Gasteiger partial charge in [0.25, 0.3) is 5.56 Å². The Labute approximate surface area is 165 Å². The van der Waals surface area contributed by atoms with E-state index in [1.807, 2.05) is 17.6 Å². The quantitative estimate of drug-likeness (QED) is 0.751. The van der Waals surface area contributed by atoms with Crippen molar-refractivity contribution in [2.75, 3.05) is 7.05 Å². The van der Waals surface area contributed by atoms with Gasteiger partial charge in [-0.1, -0.05) is 19.8 Å². The summed E-state index contributed by atoms with van der Waals surface area (Å²) in [6, 6.07) is 2.83. The van der Waals surface area contributed by atoms with Crippen molar-refractivity contribution >= 4 is 5.97 Å². The van der Waals surface area contributed by atoms with E-state index in [1.54, 1.807) is 0 Å². The van der Waals surface area contributed by atoms with Gasteiger partial charge in [0.15, 0.2) is 0 Å². The number of hydrogen-bond acceptors (Lipinski definition) is 5. The summed E-state index contributed by atoms with van der Waals surface area (Å²) in [7, 11) is 2.21. The van der Waals surface area contributed by atoms with Gasteiger partial charge >= 0.3 is 5.97 Å². The number of aromatic nitrogens is 1. The highest BCUT2D eigenvalue weighted by Gasteiger charge is 2.48. The third-order valence-electron chi connectivity index (χ3n) is 7.94. The second-order valence-electron chi connectivity index (χ2n) is 9.32. The lowest BCUT2D eigenvalue weighted by Gasteiger charge is -2.48. The summed E-state index contributed by atoms with van der Waals surface area (Å²) >= 11 is 0. The first-order chi connectivity index (χ1) is 13.4. The molecule has 5 unspecified atom stereocenters. The molecule has 5 atom stereocenters. The lowest BCUT2D eigenvalue weighted by Crippen LogP contribution is -2.48. The highest BCUT2D eigenvalue weighted by molar-refractivity contribution is 5.72. The van der Waals surface area contributed by atoms with Gasteiger partial charge in [-0.15, -0.1) is 0 Å². The molecule has 1 aliphatic carbocycles. The topological polar surface area (TPSA) is 71.8 Å². The first-order valence-electron chi connectivity index (χ1n) is 10.8. The van der Waals surface area contributed by atoms with Gasteiger partial charge in [0.2, 0.25) is 0 Å². The summed E-state index contributed by atoms with van der Waals surface area (Å²) in [6.07, 6.45) is 6.61. The van der Waals surface area contributed by atoms with E-state index >= 15 is 0 Å². The predicted octanol–water partition coefficient (Wildman–Crippen LogP) is 2.46. The fourth-order valence-electron chi connectivity index (χ4n) is 6.46. The molecule has 5 rings (SSSR count). The van der Waals surface area contributed by atoms with Crippen LogP contribution in [0.5, 0.6) is 0 Å². The first kappa shape index (κ1) is 18.4. The summed E-state index contributed by atoms with van der Waals surface area (Å²) in [5.74, 6) is 0.736. The van der Waals surface area contributed by atoms with Crippen molar-refractivity contribution in [1.29, 1.82) is 0 Å². The molecule has 3 aliphatic heterocycles. The molecule has 4 aliphatic rings. The first-order valence-corrected chi connectivity index (χ1v) is 10.8. The normalized spacial score (nSPS) is 37.3. The van der Waals surface area contributed by atoms with Crippen molar-refractivity contribution in [3.05, 3.63) is 33.2 Å². The summed E-state index contributed by atoms with van der Waals surface area (Å²) in [4.78, 5) is 27.9. The van der Waals surface area contributed by atoms with Crippen molar-refractivity contribution in [3.8, 4) is 0 Å². The van der Waals surface area contributed by atoms with Crippen LogP contribution < -0.4 is 5.56 Å². The number of aliphatic hydroxyl groups is 1. The average molecular weight is 386 g/mol. The van der Waals surface area contributed by atoms with Crippen molar-refractivity contribution in [1.82, 2.24) is 9.47 Å². The third-order valence-corrected chi connectivity index (χ3v) is 7.94. The SMILES string of the molecule is CCC1(O)CC(=O)OCc2c1cc1n(c2=O)CC2CC3CCCCC3N(C)C12. The molecule has 0 radical (unpaired) electrons. The zero-order valence-corrected chi connectivity index (χ0v) is 16.8. The molecule has 0 spiro atoms. The van der Waals surface area contributed by atoms with Gasteiger partial charge in [0.1, 0.15) is 12.2 Å². The van der Waals surface area contributed by atoms with Crippen LogP contribution in [0.4, 0.5) is 0 Å². The molecule has 1 aromatic heterocycles. The number of carbonyl (C=O) groups excluding carboxylic acids is 1. The molecule has 0 aromatic carbocycles. The molecule has 152 valence electrons. The molecular formula is C22H30N2O4. The lowest BCUT2D eigenvalue weighted by molar-refractivity contribution is -0.149. The summed E-state index contributed by atoms with van der Waals surface area (Å²) < 4.78 is 7.16. The standard InChI is InChI=1S/C22H30N2O4/c1-3-22(27)10-19(25)28-12-15-16(22)9-18-20-14(11-24(18)21(15)26)8-13-6-4-5-7-17(13)23(20)2/h9,13-14,17,20,27H,3-8,10-12H2,1-2H3. The van der Waals surface area contributed by atoms with Crippen LogP contribution in [0.1, 0.15) is 74.7 Å². The monoisotopic (exact) mass is 386 g/mol. The Kier molecular flexibility index (Phi) is 4.22. The van der Waals surface area contributed by atoms with E-state index in [-0.39, 0.29) is 24.6 Å². The van der Waals surface area contributed by atoms with Crippen LogP contribution >= 0.6 is 0 Å². The molecular weight excluding hydrogens is 356 g/mol. The van der Waals surface area contributed by atoms with Gasteiger partial charge in [0.05, 0.1) is 18.0 Å². The molecule has 0 bridgehead atoms. The fourth-order valence-corrected chi connectivity index (χ4v) is 6.46. The van der Waals surface area contributed by atoms with Crippen molar-refractivity contribution < 1.29 is 14.6 Å². The third kappa shape index (κ3) is 2.53. The zero-order chi connectivity index (χ0) is 19.6. The molecule has 0 amide bonds. The van der Waals surface area contributed by atoms with E-state index in [0.29, 0.717) is 29.5 Å². The maximum Gasteiger partial charge on any atom is 0.309 e. The van der Waals surface area contributed by atoms with Gasteiger partial charge in [-0.3, -0.25) is 14.5 Å². The second kappa shape index (κ2) is 6.42. The lowest BCUT2D eigenvalue weighted by atomic mass is 9.72. The van der Waals surface area contributed by atoms with Crippen molar-refractivity contribution in [2.24, 2.45) is 11.8 Å². The number of cyclic esters (lactones) is 1. The number of nitrogens with zero attached hydrogens (tertiary/aromatic N) is 2. The van der Waals surface area contributed by atoms with Gasteiger partial charge in [-0.05, 0) is 56.2 Å². The fraction of sp³-hybridized carbons (Fsp3) is 0.727. The Morgan fingerprint density at radius 3 is 2.82 bits per heavy atom. The van der Waals surface area contributed by atoms with Crippen molar-refractivity contribution in [2.45, 2.75) is 82.7 Å². The average Bonchev–Trinajstić information content (AvgIpc) is 2.99. The van der Waals surface area contributed by atoms with E-state index < -0.39 is 11.6 Å². The van der Waals surface area contributed by atoms with E-state index in [0.717, 1.165) is 18.2 Å². The van der Waals surface area contributed by atoms with Crippen LogP contribution in [0.2, 0.25) is 0 Å². The second-order valence-corrected chi connectivity index (χ2v) is 9.32. The number of hydrogen-bond donors (Lipinski definition) is 1. The van der Waals surface area contributed by atoms with Crippen LogP contribution in [0.15, 0.2) is 10.9 Å². The summed E-state index contributed by atoms with van der Waals surface area (Å²) in [5, 5.41) is 11.2. The molecule has 6 heteroatoms. The Morgan fingerprint density at radius 1 is 1.25 bits per heavy atom. The van der Waals surface area contributed by atoms with Crippen LogP contribution in [0.25, 0.3) is 0 Å². The zero-order valence-electron chi connectivity index (χ0n) is 16.8. The molecule has 1 saturated carbocycles. The molecule has 1 N–H and O–H groups in total. The number of piperidine rings is 1. The number of carbonyl (C=O) groups is 1. The molecule has 28 heavy (non-hydrogen) atoms. The molecule has 2 fully saturated rings. The van der Waals surface area contributed by atoms with Crippen LogP contribution in [0, 0.1) is 11.8 Å². The summed E-state index contributed by atoms with van der Waals surface area (Å²) in [5.41, 5.74) is 0.673. The summed E-state index contributed by atoms with van der Waals surface area (Å²) in [6.45, 7) is 2.56. The molecule has 6 nitrogen and oxygen atoms in total. The number of likely N-dealkylation sites (tertiary alicyclic amines) is 1. The van der Waals surface area contributed by atoms with E-state index in [9.17, 15) is 14.7 Å². The maximum absolute atomic E-state index is 13.4. The van der Waals surface area contributed by atoms with Crippen molar-refractivity contribution in [3.63, 3.8) is 0 Å². The Bertz CT molecular complexity index is 878. The van der Waals surface area contributed by atoms with E-state index in [2.05, 4.69) is 11.9 Å². The Hall–Kier alpha value is -1.66. The minimum Gasteiger partial charge on any atom is -0.460 e. The minimum atomic E-state index is -1.32. The van der Waals surface area contributed by atoms with Gasteiger partial charge in [0, 0.05) is 18.3 Å². The maximum atomic E-state index is 13.4. The van der Waals surface area contributed by atoms with E-state index in [1.165, 1.54) is 32.1 Å². The number of fused-ring (bicyclic) bond motifs is 5. The van der Waals surface area contributed by atoms with Gasteiger partial charge in [-0.2, -0.15) is 0 Å². The minimum absolute atomic E-state index is 0.0357. The molecule has 1 saturated heterocycles. The predicted molar refractivity (Wildman–Crippen MR) is 104 cm³/mol. The largest absolute Gasteiger partial charge is 0.460 e. The Morgan fingerprint density at radius 2 is 2.04 bits per heavy atom. The van der Waals surface area contributed by atoms with Crippen LogP contribution in [-0.2, 0) is 28.3 Å². The number of rotatable bonds is 1. The number of pyridine rings is 1. The smallest absolute Gasteiger partial charge is 0.309 e. The Balaban J connectivity index is 1.63. The van der Waals surface area contributed by atoms with E-state index in [4.69, 9.17) is 4.74 Å². The highest BCUT2D eigenvalue weighted by atomic mass is 16.5. The van der Waals surface area contributed by atoms with Crippen LogP contribution in [0.3, 0.4) is 0 Å². The van der Waals surface area contributed by atoms with Crippen LogP contribution in [-0.4, -0.2) is 33.6 Å².